The van der Waals surface area contributed by atoms with E-state index in [-0.39, 0.29) is 12.5 Å². The van der Waals surface area contributed by atoms with Gasteiger partial charge in [0.1, 0.15) is 0 Å². The first-order chi connectivity index (χ1) is 9.69. The van der Waals surface area contributed by atoms with Crippen molar-refractivity contribution in [2.75, 3.05) is 31.6 Å². The van der Waals surface area contributed by atoms with E-state index in [9.17, 15) is 4.79 Å². The monoisotopic (exact) mass is 276 g/mol. The third kappa shape index (κ3) is 4.32. The minimum absolute atomic E-state index is 0.0740. The van der Waals surface area contributed by atoms with Gasteiger partial charge in [-0.2, -0.15) is 0 Å². The molecule has 1 atom stereocenters. The van der Waals surface area contributed by atoms with Crippen molar-refractivity contribution in [3.63, 3.8) is 0 Å². The second-order valence-electron chi connectivity index (χ2n) is 5.58. The van der Waals surface area contributed by atoms with Gasteiger partial charge in [-0.15, -0.1) is 0 Å². The Morgan fingerprint density at radius 3 is 3.00 bits per heavy atom. The predicted octanol–water partition coefficient (Wildman–Crippen LogP) is 2.03. The molecule has 20 heavy (non-hydrogen) atoms. The van der Waals surface area contributed by atoms with Crippen LogP contribution < -0.4 is 5.32 Å². The van der Waals surface area contributed by atoms with Crippen molar-refractivity contribution in [1.82, 2.24) is 4.90 Å². The molecule has 0 aromatic heterocycles. The van der Waals surface area contributed by atoms with Gasteiger partial charge in [-0.3, -0.25) is 4.79 Å². The van der Waals surface area contributed by atoms with E-state index in [2.05, 4.69) is 10.2 Å². The molecule has 1 aliphatic rings. The average Bonchev–Trinajstić information content (AvgIpc) is 2.87. The van der Waals surface area contributed by atoms with Crippen LogP contribution in [0.1, 0.15) is 24.8 Å². The van der Waals surface area contributed by atoms with Crippen LogP contribution in [-0.4, -0.2) is 42.2 Å². The standard InChI is InChI=1S/C16H24N2O2/c1-13-4-2-3-5-15(13)17-16(20)7-10-18-9-6-14(12-18)8-11-19/h2-5,14,19H,6-12H2,1H3,(H,17,20)/t14-/m0/s1. The van der Waals surface area contributed by atoms with Crippen LogP contribution in [0.25, 0.3) is 0 Å². The quantitative estimate of drug-likeness (QED) is 0.836. The van der Waals surface area contributed by atoms with E-state index in [0.717, 1.165) is 43.7 Å². The highest BCUT2D eigenvalue weighted by molar-refractivity contribution is 5.91. The van der Waals surface area contributed by atoms with Crippen molar-refractivity contribution < 1.29 is 9.90 Å². The molecule has 0 aliphatic carbocycles. The van der Waals surface area contributed by atoms with E-state index in [1.807, 2.05) is 31.2 Å². The molecule has 2 N–H and O–H groups in total. The minimum Gasteiger partial charge on any atom is -0.396 e. The second-order valence-corrected chi connectivity index (χ2v) is 5.58. The first kappa shape index (κ1) is 15.0. The van der Waals surface area contributed by atoms with Gasteiger partial charge < -0.3 is 15.3 Å². The van der Waals surface area contributed by atoms with Crippen LogP contribution in [0, 0.1) is 12.8 Å². The molecular weight excluding hydrogens is 252 g/mol. The van der Waals surface area contributed by atoms with Crippen molar-refractivity contribution in [3.8, 4) is 0 Å². The summed E-state index contributed by atoms with van der Waals surface area (Å²) in [6.07, 6.45) is 2.55. The lowest BCUT2D eigenvalue weighted by Gasteiger charge is -2.15. The van der Waals surface area contributed by atoms with Gasteiger partial charge in [0, 0.05) is 31.8 Å². The van der Waals surface area contributed by atoms with E-state index in [4.69, 9.17) is 5.11 Å². The Labute approximate surface area is 120 Å². The van der Waals surface area contributed by atoms with Crippen molar-refractivity contribution in [3.05, 3.63) is 29.8 Å². The summed E-state index contributed by atoms with van der Waals surface area (Å²) in [5, 5.41) is 11.9. The molecule has 0 radical (unpaired) electrons. The summed E-state index contributed by atoms with van der Waals surface area (Å²) >= 11 is 0. The normalized spacial score (nSPS) is 19.2. The topological polar surface area (TPSA) is 52.6 Å². The third-order valence-electron chi connectivity index (χ3n) is 3.98. The van der Waals surface area contributed by atoms with Gasteiger partial charge in [0.2, 0.25) is 5.91 Å². The Morgan fingerprint density at radius 2 is 2.25 bits per heavy atom. The van der Waals surface area contributed by atoms with Gasteiger partial charge in [0.05, 0.1) is 0 Å². The maximum Gasteiger partial charge on any atom is 0.225 e. The van der Waals surface area contributed by atoms with Gasteiger partial charge >= 0.3 is 0 Å². The number of para-hydroxylation sites is 1. The molecule has 0 spiro atoms. The van der Waals surface area contributed by atoms with Gasteiger partial charge in [-0.25, -0.2) is 0 Å². The van der Waals surface area contributed by atoms with E-state index in [0.29, 0.717) is 12.3 Å². The molecule has 2 rings (SSSR count). The van der Waals surface area contributed by atoms with E-state index < -0.39 is 0 Å². The first-order valence-corrected chi connectivity index (χ1v) is 7.37. The Morgan fingerprint density at radius 1 is 1.45 bits per heavy atom. The zero-order chi connectivity index (χ0) is 14.4. The first-order valence-electron chi connectivity index (χ1n) is 7.37. The fourth-order valence-electron chi connectivity index (χ4n) is 2.72. The summed E-state index contributed by atoms with van der Waals surface area (Å²) < 4.78 is 0. The Hall–Kier alpha value is -1.39. The highest BCUT2D eigenvalue weighted by Crippen LogP contribution is 2.19. The molecule has 0 saturated carbocycles. The number of carbonyl (C=O) groups is 1. The summed E-state index contributed by atoms with van der Waals surface area (Å²) in [5.41, 5.74) is 1.99. The predicted molar refractivity (Wildman–Crippen MR) is 80.7 cm³/mol. The van der Waals surface area contributed by atoms with Crippen LogP contribution in [0.2, 0.25) is 0 Å². The van der Waals surface area contributed by atoms with E-state index in [1.165, 1.54) is 0 Å². The molecule has 0 bridgehead atoms. The van der Waals surface area contributed by atoms with Gasteiger partial charge in [-0.1, -0.05) is 18.2 Å². The highest BCUT2D eigenvalue weighted by Gasteiger charge is 2.22. The number of aryl methyl sites for hydroxylation is 1. The number of hydrogen-bond donors (Lipinski definition) is 2. The third-order valence-corrected chi connectivity index (χ3v) is 3.98. The molecule has 4 heteroatoms. The van der Waals surface area contributed by atoms with Crippen LogP contribution in [-0.2, 0) is 4.79 Å². The van der Waals surface area contributed by atoms with Crippen LogP contribution in [0.4, 0.5) is 5.69 Å². The number of amides is 1. The van der Waals surface area contributed by atoms with Gasteiger partial charge in [-0.05, 0) is 43.9 Å². The average molecular weight is 276 g/mol. The molecule has 1 aliphatic heterocycles. The number of nitrogens with zero attached hydrogens (tertiary/aromatic N) is 1. The number of rotatable bonds is 6. The number of aliphatic hydroxyl groups excluding tert-OH is 1. The summed E-state index contributed by atoms with van der Waals surface area (Å²) in [5.74, 6) is 0.671. The fraction of sp³-hybridized carbons (Fsp3) is 0.562. The summed E-state index contributed by atoms with van der Waals surface area (Å²) in [6.45, 7) is 5.13. The van der Waals surface area contributed by atoms with Crippen LogP contribution >= 0.6 is 0 Å². The second kappa shape index (κ2) is 7.41. The molecule has 1 saturated heterocycles. The van der Waals surface area contributed by atoms with Crippen LogP contribution in [0.5, 0.6) is 0 Å². The number of hydrogen-bond acceptors (Lipinski definition) is 3. The minimum atomic E-state index is 0.0740. The lowest BCUT2D eigenvalue weighted by molar-refractivity contribution is -0.116. The SMILES string of the molecule is Cc1ccccc1NC(=O)CCN1CC[C@@H](CCO)C1. The number of nitrogens with one attached hydrogen (secondary N) is 1. The highest BCUT2D eigenvalue weighted by atomic mass is 16.3. The molecule has 4 nitrogen and oxygen atoms in total. The lowest BCUT2D eigenvalue weighted by Crippen LogP contribution is -2.26. The van der Waals surface area contributed by atoms with E-state index >= 15 is 0 Å². The zero-order valence-corrected chi connectivity index (χ0v) is 12.1. The summed E-state index contributed by atoms with van der Waals surface area (Å²) in [4.78, 5) is 14.3. The van der Waals surface area contributed by atoms with Crippen molar-refractivity contribution in [2.24, 2.45) is 5.92 Å². The molecular formula is C16H24N2O2. The Kier molecular flexibility index (Phi) is 5.56. The Balaban J connectivity index is 1.72. The Bertz CT molecular complexity index is 448. The van der Waals surface area contributed by atoms with Crippen molar-refractivity contribution in [1.29, 1.82) is 0 Å². The fourth-order valence-corrected chi connectivity index (χ4v) is 2.72. The smallest absolute Gasteiger partial charge is 0.225 e. The molecule has 1 fully saturated rings. The number of anilines is 1. The lowest BCUT2D eigenvalue weighted by atomic mass is 10.1. The summed E-state index contributed by atoms with van der Waals surface area (Å²) in [6, 6.07) is 7.83. The number of benzene rings is 1. The summed E-state index contributed by atoms with van der Waals surface area (Å²) in [7, 11) is 0. The van der Waals surface area contributed by atoms with Crippen molar-refractivity contribution in [2.45, 2.75) is 26.2 Å². The molecule has 110 valence electrons. The zero-order valence-electron chi connectivity index (χ0n) is 12.1. The number of carbonyl (C=O) groups excluding carboxylic acids is 1. The molecule has 1 heterocycles. The van der Waals surface area contributed by atoms with Gasteiger partial charge in [0.15, 0.2) is 0 Å². The largest absolute Gasteiger partial charge is 0.396 e. The molecule has 1 amide bonds. The van der Waals surface area contributed by atoms with Gasteiger partial charge in [0.25, 0.3) is 0 Å². The van der Waals surface area contributed by atoms with Crippen molar-refractivity contribution >= 4 is 11.6 Å². The van der Waals surface area contributed by atoms with Crippen LogP contribution in [0.15, 0.2) is 24.3 Å². The maximum atomic E-state index is 12.0. The maximum absolute atomic E-state index is 12.0. The number of aliphatic hydroxyl groups is 1. The number of likely N-dealkylation sites (tertiary alicyclic amines) is 1. The molecule has 0 unspecified atom stereocenters. The van der Waals surface area contributed by atoms with Crippen LogP contribution in [0.3, 0.4) is 0 Å². The molecule has 1 aromatic rings. The molecule has 1 aromatic carbocycles. The van der Waals surface area contributed by atoms with E-state index in [1.54, 1.807) is 0 Å².